The predicted octanol–water partition coefficient (Wildman–Crippen LogP) is 2.99. The molecule has 0 aromatic heterocycles. The van der Waals surface area contributed by atoms with E-state index in [1.807, 2.05) is 26.0 Å². The van der Waals surface area contributed by atoms with E-state index in [0.29, 0.717) is 18.4 Å². The number of hydrogen-bond donors (Lipinski definition) is 0. The first-order valence-electron chi connectivity index (χ1n) is 8.36. The number of hydrogen-bond acceptors (Lipinski definition) is 5. The number of rotatable bonds is 4. The first-order valence-corrected chi connectivity index (χ1v) is 11.9. The molecule has 24 heavy (non-hydrogen) atoms. The molecule has 130 valence electrons. The van der Waals surface area contributed by atoms with Gasteiger partial charge in [-0.25, -0.2) is 9.59 Å². The smallest absolute Gasteiger partial charge is 0.343 e. The maximum absolute atomic E-state index is 12.8. The second-order valence-electron chi connectivity index (χ2n) is 8.63. The van der Waals surface area contributed by atoms with E-state index in [2.05, 4.69) is 24.4 Å². The summed E-state index contributed by atoms with van der Waals surface area (Å²) in [7, 11) is -1.77. The fourth-order valence-electron chi connectivity index (χ4n) is 3.55. The molecule has 0 spiro atoms. The van der Waals surface area contributed by atoms with Crippen LogP contribution in [0.25, 0.3) is 0 Å². The molecule has 0 amide bonds. The van der Waals surface area contributed by atoms with Gasteiger partial charge in [-0.15, -0.1) is 0 Å². The summed E-state index contributed by atoms with van der Waals surface area (Å²) in [6.45, 7) is 10.3. The number of fused-ring (bicyclic) bond motifs is 2. The standard InChI is InChI=1S/C18H24O5Si/c1-17(2,24(3,4)5)16(21)22-13-8-11-6-7-18(13,10-11)12-9-14(19)23-15(12)20/h6-7,9,11,13H,8,10H2,1-5H3. The maximum Gasteiger partial charge on any atom is 0.343 e. The van der Waals surface area contributed by atoms with Crippen molar-refractivity contribution in [2.45, 2.75) is 57.5 Å². The Morgan fingerprint density at radius 3 is 2.50 bits per heavy atom. The van der Waals surface area contributed by atoms with Crippen LogP contribution in [0.5, 0.6) is 0 Å². The summed E-state index contributed by atoms with van der Waals surface area (Å²) < 4.78 is 10.6. The van der Waals surface area contributed by atoms with E-state index in [1.54, 1.807) is 0 Å². The Bertz CT molecular complexity index is 682. The van der Waals surface area contributed by atoms with E-state index in [-0.39, 0.29) is 11.9 Å². The van der Waals surface area contributed by atoms with E-state index in [1.165, 1.54) is 6.08 Å². The lowest BCUT2D eigenvalue weighted by Crippen LogP contribution is -2.45. The van der Waals surface area contributed by atoms with Gasteiger partial charge in [-0.05, 0) is 18.8 Å². The van der Waals surface area contributed by atoms with Crippen LogP contribution in [0.3, 0.4) is 0 Å². The number of ether oxygens (including phenoxy) is 2. The summed E-state index contributed by atoms with van der Waals surface area (Å²) in [5.74, 6) is -1.20. The van der Waals surface area contributed by atoms with Crippen LogP contribution in [0.15, 0.2) is 23.8 Å². The molecule has 0 N–H and O–H groups in total. The van der Waals surface area contributed by atoms with E-state index in [0.717, 1.165) is 0 Å². The second kappa shape index (κ2) is 5.15. The molecule has 2 bridgehead atoms. The van der Waals surface area contributed by atoms with Crippen molar-refractivity contribution in [3.05, 3.63) is 23.8 Å². The highest BCUT2D eigenvalue weighted by atomic mass is 28.3. The summed E-state index contributed by atoms with van der Waals surface area (Å²) in [4.78, 5) is 36.4. The van der Waals surface area contributed by atoms with Crippen LogP contribution in [0.2, 0.25) is 24.7 Å². The van der Waals surface area contributed by atoms with E-state index < -0.39 is 36.6 Å². The Labute approximate surface area is 143 Å². The Morgan fingerprint density at radius 2 is 2.00 bits per heavy atom. The molecule has 2 aliphatic carbocycles. The molecule has 0 aromatic carbocycles. The van der Waals surface area contributed by atoms with Crippen LogP contribution >= 0.6 is 0 Å². The molecule has 3 rings (SSSR count). The molecule has 1 saturated carbocycles. The van der Waals surface area contributed by atoms with Gasteiger partial charge in [0.2, 0.25) is 0 Å². The normalized spacial score (nSPS) is 32.1. The average Bonchev–Trinajstić information content (AvgIpc) is 3.10. The van der Waals surface area contributed by atoms with Gasteiger partial charge in [-0.2, -0.15) is 0 Å². The minimum Gasteiger partial charge on any atom is -0.461 e. The van der Waals surface area contributed by atoms with Gasteiger partial charge in [0.15, 0.2) is 0 Å². The van der Waals surface area contributed by atoms with Crippen molar-refractivity contribution in [1.82, 2.24) is 0 Å². The van der Waals surface area contributed by atoms with E-state index >= 15 is 0 Å². The van der Waals surface area contributed by atoms with Gasteiger partial charge >= 0.3 is 17.9 Å². The lowest BCUT2D eigenvalue weighted by atomic mass is 9.77. The topological polar surface area (TPSA) is 69.7 Å². The summed E-state index contributed by atoms with van der Waals surface area (Å²) in [5.41, 5.74) is -0.383. The van der Waals surface area contributed by atoms with Crippen molar-refractivity contribution in [3.63, 3.8) is 0 Å². The van der Waals surface area contributed by atoms with Crippen molar-refractivity contribution in [2.75, 3.05) is 0 Å². The van der Waals surface area contributed by atoms with Crippen molar-refractivity contribution >= 4 is 26.0 Å². The Kier molecular flexibility index (Phi) is 3.68. The number of carbonyl (C=O) groups is 3. The molecule has 3 atom stereocenters. The Balaban J connectivity index is 1.88. The molecule has 1 fully saturated rings. The summed E-state index contributed by atoms with van der Waals surface area (Å²) in [6.07, 6.45) is 6.18. The first kappa shape index (κ1) is 17.1. The summed E-state index contributed by atoms with van der Waals surface area (Å²) in [5, 5.41) is -0.528. The van der Waals surface area contributed by atoms with Gasteiger partial charge in [0.05, 0.1) is 24.1 Å². The molecule has 6 heteroatoms. The Morgan fingerprint density at radius 1 is 1.33 bits per heavy atom. The van der Waals surface area contributed by atoms with Crippen molar-refractivity contribution in [2.24, 2.45) is 11.3 Å². The molecule has 3 aliphatic rings. The zero-order valence-electron chi connectivity index (χ0n) is 14.8. The van der Waals surface area contributed by atoms with Crippen LogP contribution in [-0.4, -0.2) is 32.1 Å². The highest BCUT2D eigenvalue weighted by molar-refractivity contribution is 6.82. The van der Waals surface area contributed by atoms with Crippen molar-refractivity contribution < 1.29 is 23.9 Å². The van der Waals surface area contributed by atoms with Crippen LogP contribution < -0.4 is 0 Å². The Hall–Kier alpha value is -1.69. The van der Waals surface area contributed by atoms with Crippen LogP contribution in [-0.2, 0) is 23.9 Å². The monoisotopic (exact) mass is 348 g/mol. The highest BCUT2D eigenvalue weighted by Crippen LogP contribution is 2.56. The van der Waals surface area contributed by atoms with Crippen LogP contribution in [0, 0.1) is 11.3 Å². The van der Waals surface area contributed by atoms with Gasteiger partial charge in [-0.1, -0.05) is 45.6 Å². The predicted molar refractivity (Wildman–Crippen MR) is 90.7 cm³/mol. The zero-order valence-corrected chi connectivity index (χ0v) is 15.8. The van der Waals surface area contributed by atoms with Gasteiger partial charge in [0.25, 0.3) is 0 Å². The van der Waals surface area contributed by atoms with Crippen LogP contribution in [0.1, 0.15) is 26.7 Å². The zero-order chi connectivity index (χ0) is 17.9. The van der Waals surface area contributed by atoms with E-state index in [9.17, 15) is 14.4 Å². The third-order valence-corrected chi connectivity index (χ3v) is 10.1. The molecule has 3 unspecified atom stereocenters. The molecule has 1 aliphatic heterocycles. The molecule has 1 heterocycles. The fourth-order valence-corrected chi connectivity index (χ4v) is 4.22. The van der Waals surface area contributed by atoms with Crippen molar-refractivity contribution in [3.8, 4) is 0 Å². The second-order valence-corrected chi connectivity index (χ2v) is 14.4. The molecule has 5 nitrogen and oxygen atoms in total. The minimum absolute atomic E-state index is 0.217. The van der Waals surface area contributed by atoms with E-state index in [4.69, 9.17) is 4.74 Å². The number of esters is 3. The van der Waals surface area contributed by atoms with Gasteiger partial charge in [0.1, 0.15) is 6.10 Å². The third-order valence-electron chi connectivity index (χ3n) is 6.17. The minimum atomic E-state index is -1.77. The van der Waals surface area contributed by atoms with Gasteiger partial charge < -0.3 is 9.47 Å². The van der Waals surface area contributed by atoms with Crippen molar-refractivity contribution in [1.29, 1.82) is 0 Å². The lowest BCUT2D eigenvalue weighted by Gasteiger charge is -2.38. The number of carbonyl (C=O) groups excluding carboxylic acids is 3. The van der Waals surface area contributed by atoms with Crippen LogP contribution in [0.4, 0.5) is 0 Å². The lowest BCUT2D eigenvalue weighted by molar-refractivity contribution is -0.158. The third kappa shape index (κ3) is 2.39. The molecule has 0 saturated heterocycles. The van der Waals surface area contributed by atoms with Gasteiger partial charge in [0, 0.05) is 6.08 Å². The number of allylic oxidation sites excluding steroid dienone is 1. The number of cyclic esters (lactones) is 2. The quantitative estimate of drug-likeness (QED) is 0.338. The average molecular weight is 348 g/mol. The SMILES string of the molecule is CC(C)(C(=O)OC1CC2C=CC1(C1=CC(=O)OC1=O)C2)[Si](C)(C)C. The molecular formula is C18H24O5Si. The fraction of sp³-hybridized carbons (Fsp3) is 0.611. The molecular weight excluding hydrogens is 324 g/mol. The first-order chi connectivity index (χ1) is 11.0. The largest absolute Gasteiger partial charge is 0.461 e. The highest BCUT2D eigenvalue weighted by Gasteiger charge is 2.57. The summed E-state index contributed by atoms with van der Waals surface area (Å²) >= 11 is 0. The molecule has 0 aromatic rings. The summed E-state index contributed by atoms with van der Waals surface area (Å²) in [6, 6.07) is 0. The van der Waals surface area contributed by atoms with Gasteiger partial charge in [-0.3, -0.25) is 4.79 Å². The maximum atomic E-state index is 12.8. The molecule has 0 radical (unpaired) electrons.